The molecule has 0 aliphatic rings. The van der Waals surface area contributed by atoms with Crippen LogP contribution in [0.5, 0.6) is 0 Å². The summed E-state index contributed by atoms with van der Waals surface area (Å²) in [5.74, 6) is -0.745. The van der Waals surface area contributed by atoms with Gasteiger partial charge >= 0.3 is 5.97 Å². The van der Waals surface area contributed by atoms with Crippen molar-refractivity contribution in [2.24, 2.45) is 0 Å². The molecule has 0 saturated carbocycles. The molecule has 4 heteroatoms. The highest BCUT2D eigenvalue weighted by molar-refractivity contribution is 5.75. The highest BCUT2D eigenvalue weighted by Crippen LogP contribution is 2.13. The molecule has 1 atom stereocenters. The van der Waals surface area contributed by atoms with Crippen LogP contribution in [0.25, 0.3) is 0 Å². The molecule has 0 heterocycles. The fourth-order valence-corrected chi connectivity index (χ4v) is 1.15. The molecule has 0 spiro atoms. The van der Waals surface area contributed by atoms with E-state index >= 15 is 0 Å². The largest absolute Gasteiger partial charge is 0.483 e. The Morgan fingerprint density at radius 1 is 1.47 bits per heavy atom. The van der Waals surface area contributed by atoms with Gasteiger partial charge in [-0.05, 0) is 12.1 Å². The first-order valence-electron chi connectivity index (χ1n) is 4.42. The van der Waals surface area contributed by atoms with Gasteiger partial charge in [-0.1, -0.05) is 30.3 Å². The summed E-state index contributed by atoms with van der Waals surface area (Å²) in [5, 5.41) is 11.7. The van der Waals surface area contributed by atoms with E-state index in [4.69, 9.17) is 9.84 Å². The Balaban J connectivity index is 2.84. The number of rotatable bonds is 5. The summed E-state index contributed by atoms with van der Waals surface area (Å²) in [5.41, 5.74) is 0.656. The van der Waals surface area contributed by atoms with Crippen LogP contribution < -0.4 is 5.32 Å². The minimum atomic E-state index is -0.973. The standard InChI is InChI=1S/C11H13NO3/c1-8(15-2)12-10(11(13)14)9-6-4-3-5-7-9/h3-7,10,12H,1H2,2H3,(H,13,14). The second kappa shape index (κ2) is 5.05. The summed E-state index contributed by atoms with van der Waals surface area (Å²) in [6.07, 6.45) is 0. The number of methoxy groups -OCH3 is 1. The van der Waals surface area contributed by atoms with Gasteiger partial charge in [0.25, 0.3) is 0 Å². The van der Waals surface area contributed by atoms with Crippen LogP contribution in [0.4, 0.5) is 0 Å². The molecule has 0 bridgehead atoms. The van der Waals surface area contributed by atoms with Crippen LogP contribution in [-0.4, -0.2) is 18.2 Å². The van der Waals surface area contributed by atoms with E-state index in [1.54, 1.807) is 24.3 Å². The Bertz CT molecular complexity index is 348. The third-order valence-corrected chi connectivity index (χ3v) is 1.93. The van der Waals surface area contributed by atoms with Crippen molar-refractivity contribution < 1.29 is 14.6 Å². The lowest BCUT2D eigenvalue weighted by Crippen LogP contribution is -2.28. The van der Waals surface area contributed by atoms with Gasteiger partial charge in [-0.15, -0.1) is 0 Å². The first-order chi connectivity index (χ1) is 7.15. The lowest BCUT2D eigenvalue weighted by atomic mass is 10.1. The third-order valence-electron chi connectivity index (χ3n) is 1.93. The summed E-state index contributed by atoms with van der Waals surface area (Å²) < 4.78 is 4.78. The molecule has 2 N–H and O–H groups in total. The molecular weight excluding hydrogens is 194 g/mol. The molecule has 4 nitrogen and oxygen atoms in total. The molecule has 1 unspecified atom stereocenters. The van der Waals surface area contributed by atoms with Gasteiger partial charge < -0.3 is 15.2 Å². The molecule has 15 heavy (non-hydrogen) atoms. The highest BCUT2D eigenvalue weighted by Gasteiger charge is 2.19. The molecule has 0 aromatic heterocycles. The van der Waals surface area contributed by atoms with Crippen LogP contribution in [-0.2, 0) is 9.53 Å². The maximum Gasteiger partial charge on any atom is 0.330 e. The molecule has 1 aromatic carbocycles. The minimum Gasteiger partial charge on any atom is -0.483 e. The van der Waals surface area contributed by atoms with Crippen LogP contribution in [0.2, 0.25) is 0 Å². The Kier molecular flexibility index (Phi) is 3.74. The van der Waals surface area contributed by atoms with Gasteiger partial charge in [-0.2, -0.15) is 0 Å². The molecule has 0 aliphatic heterocycles. The number of ether oxygens (including phenoxy) is 1. The van der Waals surface area contributed by atoms with Crippen molar-refractivity contribution in [1.82, 2.24) is 5.32 Å². The van der Waals surface area contributed by atoms with Gasteiger partial charge in [0.1, 0.15) is 0 Å². The van der Waals surface area contributed by atoms with Crippen LogP contribution >= 0.6 is 0 Å². The smallest absolute Gasteiger partial charge is 0.330 e. The Morgan fingerprint density at radius 2 is 2.07 bits per heavy atom. The van der Waals surface area contributed by atoms with Crippen molar-refractivity contribution in [3.05, 3.63) is 48.4 Å². The summed E-state index contributed by atoms with van der Waals surface area (Å²) in [6, 6.07) is 8.01. The number of carbonyl (C=O) groups is 1. The zero-order valence-electron chi connectivity index (χ0n) is 8.43. The number of carboxylic acids is 1. The van der Waals surface area contributed by atoms with Gasteiger partial charge in [0.2, 0.25) is 0 Å². The Morgan fingerprint density at radius 3 is 2.53 bits per heavy atom. The van der Waals surface area contributed by atoms with Crippen molar-refractivity contribution in [2.45, 2.75) is 6.04 Å². The number of nitrogens with one attached hydrogen (secondary N) is 1. The molecule has 0 saturated heterocycles. The van der Waals surface area contributed by atoms with E-state index in [0.717, 1.165) is 0 Å². The predicted octanol–water partition coefficient (Wildman–Crippen LogP) is 1.52. The summed E-state index contributed by atoms with van der Waals surface area (Å²) in [4.78, 5) is 11.0. The van der Waals surface area contributed by atoms with E-state index in [0.29, 0.717) is 5.56 Å². The first kappa shape index (κ1) is 11.1. The fraction of sp³-hybridized carbons (Fsp3) is 0.182. The zero-order chi connectivity index (χ0) is 11.3. The zero-order valence-corrected chi connectivity index (χ0v) is 8.43. The number of hydrogen-bond acceptors (Lipinski definition) is 3. The first-order valence-corrected chi connectivity index (χ1v) is 4.42. The van der Waals surface area contributed by atoms with E-state index in [1.807, 2.05) is 6.07 Å². The molecule has 1 aromatic rings. The molecular formula is C11H13NO3. The molecule has 0 aliphatic carbocycles. The van der Waals surface area contributed by atoms with Crippen molar-refractivity contribution in [1.29, 1.82) is 0 Å². The summed E-state index contributed by atoms with van der Waals surface area (Å²) in [6.45, 7) is 3.52. The second-order valence-electron chi connectivity index (χ2n) is 2.95. The Labute approximate surface area is 88.2 Å². The normalized spacial score (nSPS) is 11.5. The summed E-state index contributed by atoms with van der Waals surface area (Å²) in [7, 11) is 1.43. The van der Waals surface area contributed by atoms with Crippen LogP contribution in [0, 0.1) is 0 Å². The molecule has 80 valence electrons. The van der Waals surface area contributed by atoms with Crippen molar-refractivity contribution in [2.75, 3.05) is 7.11 Å². The number of aliphatic carboxylic acids is 1. The van der Waals surface area contributed by atoms with E-state index in [2.05, 4.69) is 11.9 Å². The van der Waals surface area contributed by atoms with Crippen LogP contribution in [0.15, 0.2) is 42.8 Å². The van der Waals surface area contributed by atoms with Crippen LogP contribution in [0.3, 0.4) is 0 Å². The summed E-state index contributed by atoms with van der Waals surface area (Å²) >= 11 is 0. The number of carboxylic acid groups (broad SMARTS) is 1. The molecule has 0 radical (unpaired) electrons. The third kappa shape index (κ3) is 3.02. The van der Waals surface area contributed by atoms with Gasteiger partial charge in [0.05, 0.1) is 7.11 Å². The average molecular weight is 207 g/mol. The predicted molar refractivity (Wildman–Crippen MR) is 56.1 cm³/mol. The molecule has 1 rings (SSSR count). The minimum absolute atomic E-state index is 0.228. The fourth-order valence-electron chi connectivity index (χ4n) is 1.15. The Hall–Kier alpha value is -1.97. The topological polar surface area (TPSA) is 58.6 Å². The molecule has 0 fully saturated rings. The maximum atomic E-state index is 11.0. The van der Waals surface area contributed by atoms with Gasteiger partial charge in [-0.3, -0.25) is 0 Å². The van der Waals surface area contributed by atoms with E-state index < -0.39 is 12.0 Å². The van der Waals surface area contributed by atoms with Gasteiger partial charge in [-0.25, -0.2) is 4.79 Å². The second-order valence-corrected chi connectivity index (χ2v) is 2.95. The van der Waals surface area contributed by atoms with Crippen LogP contribution in [0.1, 0.15) is 11.6 Å². The average Bonchev–Trinajstić information content (AvgIpc) is 2.26. The van der Waals surface area contributed by atoms with Gasteiger partial charge in [0, 0.05) is 0 Å². The van der Waals surface area contributed by atoms with Crippen molar-refractivity contribution in [3.63, 3.8) is 0 Å². The van der Waals surface area contributed by atoms with E-state index in [1.165, 1.54) is 7.11 Å². The lowest BCUT2D eigenvalue weighted by molar-refractivity contribution is -0.139. The molecule has 0 amide bonds. The lowest BCUT2D eigenvalue weighted by Gasteiger charge is -2.16. The van der Waals surface area contributed by atoms with Crippen molar-refractivity contribution >= 4 is 5.97 Å². The van der Waals surface area contributed by atoms with Crippen molar-refractivity contribution in [3.8, 4) is 0 Å². The van der Waals surface area contributed by atoms with E-state index in [9.17, 15) is 4.79 Å². The monoisotopic (exact) mass is 207 g/mol. The van der Waals surface area contributed by atoms with E-state index in [-0.39, 0.29) is 5.88 Å². The van der Waals surface area contributed by atoms with Gasteiger partial charge in [0.15, 0.2) is 11.9 Å². The number of hydrogen-bond donors (Lipinski definition) is 2. The highest BCUT2D eigenvalue weighted by atomic mass is 16.5. The number of benzene rings is 1. The quantitative estimate of drug-likeness (QED) is 0.719. The maximum absolute atomic E-state index is 11.0. The SMILES string of the molecule is C=C(NC(C(=O)O)c1ccccc1)OC.